The zero-order valence-electron chi connectivity index (χ0n) is 13.1. The van der Waals surface area contributed by atoms with E-state index in [-0.39, 0.29) is 17.4 Å². The molecule has 0 spiro atoms. The van der Waals surface area contributed by atoms with Gasteiger partial charge in [-0.1, -0.05) is 32.9 Å². The molecule has 3 N–H and O–H groups in total. The topological polar surface area (TPSA) is 64.3 Å². The maximum Gasteiger partial charge on any atom is 0.261 e. The molecule has 0 aliphatic rings. The standard InChI is InChI=1S/C16H26N2O2/c1-11(10-17)18-15(19)12(2)20-14-8-6-13(7-9-14)16(3,4)5/h6-9,11-12H,10,17H2,1-5H3,(H,18,19)/t11-,12?/m0/s1. The Hall–Kier alpha value is -1.55. The highest BCUT2D eigenvalue weighted by molar-refractivity contribution is 5.81. The summed E-state index contributed by atoms with van der Waals surface area (Å²) in [5.74, 6) is 0.545. The lowest BCUT2D eigenvalue weighted by atomic mass is 9.87. The summed E-state index contributed by atoms with van der Waals surface area (Å²) < 4.78 is 5.64. The Kier molecular flexibility index (Phi) is 5.57. The summed E-state index contributed by atoms with van der Waals surface area (Å²) in [5.41, 5.74) is 6.82. The van der Waals surface area contributed by atoms with Gasteiger partial charge in [0.2, 0.25) is 0 Å². The largest absolute Gasteiger partial charge is 0.481 e. The summed E-state index contributed by atoms with van der Waals surface area (Å²) in [7, 11) is 0. The molecule has 0 heterocycles. The molecule has 4 heteroatoms. The number of nitrogens with one attached hydrogen (secondary N) is 1. The zero-order chi connectivity index (χ0) is 15.3. The van der Waals surface area contributed by atoms with Crippen LogP contribution in [0.2, 0.25) is 0 Å². The van der Waals surface area contributed by atoms with Gasteiger partial charge in [0.1, 0.15) is 5.75 Å². The molecule has 0 aromatic heterocycles. The van der Waals surface area contributed by atoms with E-state index >= 15 is 0 Å². The van der Waals surface area contributed by atoms with Crippen molar-refractivity contribution < 1.29 is 9.53 Å². The van der Waals surface area contributed by atoms with E-state index in [9.17, 15) is 4.79 Å². The molecular formula is C16H26N2O2. The molecule has 0 aliphatic heterocycles. The van der Waals surface area contributed by atoms with Crippen LogP contribution in [0.5, 0.6) is 5.75 Å². The first kappa shape index (κ1) is 16.5. The van der Waals surface area contributed by atoms with Crippen LogP contribution in [0.25, 0.3) is 0 Å². The van der Waals surface area contributed by atoms with Crippen molar-refractivity contribution in [2.45, 2.75) is 52.2 Å². The van der Waals surface area contributed by atoms with Crippen LogP contribution in [-0.2, 0) is 10.2 Å². The van der Waals surface area contributed by atoms with Crippen LogP contribution in [0.1, 0.15) is 40.2 Å². The molecule has 1 unspecified atom stereocenters. The van der Waals surface area contributed by atoms with E-state index in [4.69, 9.17) is 10.5 Å². The van der Waals surface area contributed by atoms with Gasteiger partial charge in [-0.3, -0.25) is 4.79 Å². The van der Waals surface area contributed by atoms with Gasteiger partial charge in [0.25, 0.3) is 5.91 Å². The predicted octanol–water partition coefficient (Wildman–Crippen LogP) is 2.21. The number of nitrogens with two attached hydrogens (primary N) is 1. The summed E-state index contributed by atoms with van der Waals surface area (Å²) in [5, 5.41) is 2.80. The first-order chi connectivity index (χ1) is 9.24. The highest BCUT2D eigenvalue weighted by Gasteiger charge is 2.17. The van der Waals surface area contributed by atoms with Crippen molar-refractivity contribution in [1.82, 2.24) is 5.32 Å². The Morgan fingerprint density at radius 3 is 2.25 bits per heavy atom. The highest BCUT2D eigenvalue weighted by atomic mass is 16.5. The number of carbonyl (C=O) groups is 1. The lowest BCUT2D eigenvalue weighted by Crippen LogP contribution is -2.44. The first-order valence-corrected chi connectivity index (χ1v) is 7.01. The van der Waals surface area contributed by atoms with Gasteiger partial charge in [0.15, 0.2) is 6.10 Å². The Balaban J connectivity index is 2.62. The Bertz CT molecular complexity index is 435. The number of hydrogen-bond donors (Lipinski definition) is 2. The van der Waals surface area contributed by atoms with Gasteiger partial charge in [-0.25, -0.2) is 0 Å². The van der Waals surface area contributed by atoms with Crippen molar-refractivity contribution in [2.24, 2.45) is 5.73 Å². The summed E-state index contributed by atoms with van der Waals surface area (Å²) in [6.45, 7) is 10.5. The Morgan fingerprint density at radius 2 is 1.80 bits per heavy atom. The predicted molar refractivity (Wildman–Crippen MR) is 81.9 cm³/mol. The zero-order valence-corrected chi connectivity index (χ0v) is 13.1. The van der Waals surface area contributed by atoms with E-state index < -0.39 is 6.10 Å². The highest BCUT2D eigenvalue weighted by Crippen LogP contribution is 2.24. The summed E-state index contributed by atoms with van der Waals surface area (Å²) >= 11 is 0. The molecule has 0 bridgehead atoms. The van der Waals surface area contributed by atoms with Crippen LogP contribution in [-0.4, -0.2) is 24.6 Å². The quantitative estimate of drug-likeness (QED) is 0.868. The lowest BCUT2D eigenvalue weighted by Gasteiger charge is -2.20. The third-order valence-electron chi connectivity index (χ3n) is 3.14. The number of benzene rings is 1. The van der Waals surface area contributed by atoms with Gasteiger partial charge in [0, 0.05) is 12.6 Å². The van der Waals surface area contributed by atoms with E-state index in [0.29, 0.717) is 12.3 Å². The van der Waals surface area contributed by atoms with E-state index in [1.165, 1.54) is 5.56 Å². The molecular weight excluding hydrogens is 252 g/mol. The average molecular weight is 278 g/mol. The fourth-order valence-electron chi connectivity index (χ4n) is 1.71. The van der Waals surface area contributed by atoms with Gasteiger partial charge in [-0.05, 0) is 37.0 Å². The van der Waals surface area contributed by atoms with Gasteiger partial charge in [-0.2, -0.15) is 0 Å². The molecule has 1 rings (SSSR count). The molecule has 1 aromatic carbocycles. The van der Waals surface area contributed by atoms with Crippen molar-refractivity contribution in [1.29, 1.82) is 0 Å². The SMILES string of the molecule is CC(Oc1ccc(C(C)(C)C)cc1)C(=O)N[C@@H](C)CN. The number of amides is 1. The summed E-state index contributed by atoms with van der Waals surface area (Å²) in [6.07, 6.45) is -0.538. The first-order valence-electron chi connectivity index (χ1n) is 7.01. The molecule has 0 aliphatic carbocycles. The van der Waals surface area contributed by atoms with Crippen molar-refractivity contribution in [3.05, 3.63) is 29.8 Å². The molecule has 0 radical (unpaired) electrons. The number of hydrogen-bond acceptors (Lipinski definition) is 3. The molecule has 112 valence electrons. The second-order valence-corrected chi connectivity index (χ2v) is 6.18. The molecule has 1 amide bonds. The minimum absolute atomic E-state index is 0.0446. The molecule has 0 saturated heterocycles. The van der Waals surface area contributed by atoms with Crippen molar-refractivity contribution in [2.75, 3.05) is 6.54 Å². The molecule has 0 fully saturated rings. The monoisotopic (exact) mass is 278 g/mol. The molecule has 1 aromatic rings. The minimum atomic E-state index is -0.538. The van der Waals surface area contributed by atoms with E-state index in [2.05, 4.69) is 26.1 Å². The van der Waals surface area contributed by atoms with Crippen molar-refractivity contribution in [3.8, 4) is 5.75 Å². The number of ether oxygens (including phenoxy) is 1. The van der Waals surface area contributed by atoms with Crippen LogP contribution in [0.15, 0.2) is 24.3 Å². The Morgan fingerprint density at radius 1 is 1.25 bits per heavy atom. The smallest absolute Gasteiger partial charge is 0.261 e. The normalized spacial score (nSPS) is 14.5. The van der Waals surface area contributed by atoms with Crippen LogP contribution < -0.4 is 15.8 Å². The van der Waals surface area contributed by atoms with Crippen LogP contribution in [0.3, 0.4) is 0 Å². The average Bonchev–Trinajstić information content (AvgIpc) is 2.38. The van der Waals surface area contributed by atoms with Crippen molar-refractivity contribution in [3.63, 3.8) is 0 Å². The molecule has 2 atom stereocenters. The van der Waals surface area contributed by atoms with E-state index in [1.807, 2.05) is 31.2 Å². The van der Waals surface area contributed by atoms with E-state index in [1.54, 1.807) is 6.92 Å². The van der Waals surface area contributed by atoms with Crippen LogP contribution in [0, 0.1) is 0 Å². The van der Waals surface area contributed by atoms with E-state index in [0.717, 1.165) is 0 Å². The minimum Gasteiger partial charge on any atom is -0.481 e. The van der Waals surface area contributed by atoms with Gasteiger partial charge in [0.05, 0.1) is 0 Å². The molecule has 20 heavy (non-hydrogen) atoms. The van der Waals surface area contributed by atoms with Gasteiger partial charge < -0.3 is 15.8 Å². The second-order valence-electron chi connectivity index (χ2n) is 6.18. The maximum absolute atomic E-state index is 11.9. The van der Waals surface area contributed by atoms with Crippen molar-refractivity contribution >= 4 is 5.91 Å². The second kappa shape index (κ2) is 6.75. The molecule has 4 nitrogen and oxygen atoms in total. The third kappa shape index (κ3) is 4.85. The van der Waals surface area contributed by atoms with Crippen LogP contribution >= 0.6 is 0 Å². The summed E-state index contributed by atoms with van der Waals surface area (Å²) in [6, 6.07) is 7.81. The fourth-order valence-corrected chi connectivity index (χ4v) is 1.71. The third-order valence-corrected chi connectivity index (χ3v) is 3.14. The number of rotatable bonds is 5. The fraction of sp³-hybridized carbons (Fsp3) is 0.562. The summed E-state index contributed by atoms with van der Waals surface area (Å²) in [4.78, 5) is 11.9. The van der Waals surface area contributed by atoms with Gasteiger partial charge in [-0.15, -0.1) is 0 Å². The maximum atomic E-state index is 11.9. The van der Waals surface area contributed by atoms with Crippen LogP contribution in [0.4, 0.5) is 0 Å². The lowest BCUT2D eigenvalue weighted by molar-refractivity contribution is -0.127. The number of carbonyl (C=O) groups excluding carboxylic acids is 1. The Labute approximate surface area is 121 Å². The molecule has 0 saturated carbocycles. The van der Waals surface area contributed by atoms with Gasteiger partial charge >= 0.3 is 0 Å².